The van der Waals surface area contributed by atoms with E-state index >= 15 is 0 Å². The maximum absolute atomic E-state index is 12.1. The van der Waals surface area contributed by atoms with E-state index in [-0.39, 0.29) is 16.9 Å². The topological polar surface area (TPSA) is 98.3 Å². The molecule has 0 unspecified atom stereocenters. The number of rotatable bonds is 3. The number of carbonyl (C=O) groups excluding carboxylic acids is 1. The van der Waals surface area contributed by atoms with Crippen molar-refractivity contribution in [2.45, 2.75) is 0 Å². The maximum atomic E-state index is 12.1. The largest absolute Gasteiger partial charge is 0.393 e. The third kappa shape index (κ3) is 3.50. The molecule has 1 amide bonds. The first-order valence-corrected chi connectivity index (χ1v) is 6.86. The number of nitro benzene ring substituents is 1. The predicted molar refractivity (Wildman–Crippen MR) is 84.6 cm³/mol. The summed E-state index contributed by atoms with van der Waals surface area (Å²) in [6.45, 7) is 0. The molecule has 0 bridgehead atoms. The van der Waals surface area contributed by atoms with E-state index < -0.39 is 10.8 Å². The van der Waals surface area contributed by atoms with E-state index in [4.69, 9.17) is 17.3 Å². The molecule has 6 nitrogen and oxygen atoms in total. The molecule has 0 aliphatic carbocycles. The molecule has 0 spiro atoms. The van der Waals surface area contributed by atoms with Crippen molar-refractivity contribution in [3.63, 3.8) is 0 Å². The van der Waals surface area contributed by atoms with Gasteiger partial charge in [0.25, 0.3) is 11.6 Å². The van der Waals surface area contributed by atoms with Gasteiger partial charge >= 0.3 is 0 Å². The third-order valence-electron chi connectivity index (χ3n) is 2.67. The molecule has 21 heavy (non-hydrogen) atoms. The Balaban J connectivity index is 2.24. The Bertz CT molecular complexity index is 737. The zero-order chi connectivity index (χ0) is 15.6. The molecule has 2 aromatic rings. The Hall–Kier alpha value is -2.12. The zero-order valence-electron chi connectivity index (χ0n) is 10.5. The molecule has 0 aromatic heterocycles. The van der Waals surface area contributed by atoms with Gasteiger partial charge in [0.15, 0.2) is 0 Å². The van der Waals surface area contributed by atoms with Gasteiger partial charge in [0, 0.05) is 21.1 Å². The van der Waals surface area contributed by atoms with Gasteiger partial charge in [0.05, 0.1) is 10.6 Å². The first-order chi connectivity index (χ1) is 9.88. The van der Waals surface area contributed by atoms with Crippen LogP contribution in [0.5, 0.6) is 0 Å². The molecule has 0 aliphatic heterocycles. The number of benzene rings is 2. The monoisotopic (exact) mass is 369 g/mol. The molecule has 2 aromatic carbocycles. The van der Waals surface area contributed by atoms with Crippen LogP contribution in [-0.2, 0) is 0 Å². The Morgan fingerprint density at radius 1 is 1.29 bits per heavy atom. The highest BCUT2D eigenvalue weighted by atomic mass is 79.9. The smallest absolute Gasteiger partial charge is 0.292 e. The highest BCUT2D eigenvalue weighted by Crippen LogP contribution is 2.27. The first kappa shape index (κ1) is 15.3. The van der Waals surface area contributed by atoms with Crippen molar-refractivity contribution < 1.29 is 9.72 Å². The number of hydrogen-bond acceptors (Lipinski definition) is 4. The number of amides is 1. The summed E-state index contributed by atoms with van der Waals surface area (Å²) in [5.41, 5.74) is 6.00. The molecule has 0 heterocycles. The molecule has 2 rings (SSSR count). The quantitative estimate of drug-likeness (QED) is 0.487. The summed E-state index contributed by atoms with van der Waals surface area (Å²) in [6, 6.07) is 8.71. The van der Waals surface area contributed by atoms with Gasteiger partial charge in [-0.15, -0.1) is 0 Å². The van der Waals surface area contributed by atoms with Crippen LogP contribution in [0.2, 0.25) is 5.02 Å². The lowest BCUT2D eigenvalue weighted by Gasteiger charge is -2.08. The van der Waals surface area contributed by atoms with Gasteiger partial charge in [-0.05, 0) is 46.3 Å². The number of nitrogen functional groups attached to an aromatic ring is 1. The normalized spacial score (nSPS) is 10.2. The standard InChI is InChI=1S/C13H9BrClN3O3/c14-9-6-8(15)2-3-11(9)17-13(19)7-1-4-12(18(20)21)10(16)5-7/h1-6H,16H2,(H,17,19). The van der Waals surface area contributed by atoms with Crippen molar-refractivity contribution in [3.05, 3.63) is 61.6 Å². The van der Waals surface area contributed by atoms with Crippen molar-refractivity contribution in [2.75, 3.05) is 11.1 Å². The van der Waals surface area contributed by atoms with Gasteiger partial charge in [0.2, 0.25) is 0 Å². The Morgan fingerprint density at radius 2 is 2.00 bits per heavy atom. The average molecular weight is 371 g/mol. The zero-order valence-corrected chi connectivity index (χ0v) is 12.8. The summed E-state index contributed by atoms with van der Waals surface area (Å²) >= 11 is 9.10. The van der Waals surface area contributed by atoms with Crippen LogP contribution in [0.25, 0.3) is 0 Å². The molecular weight excluding hydrogens is 362 g/mol. The van der Waals surface area contributed by atoms with Crippen molar-refractivity contribution in [2.24, 2.45) is 0 Å². The number of nitro groups is 1. The van der Waals surface area contributed by atoms with Gasteiger partial charge < -0.3 is 11.1 Å². The third-order valence-corrected chi connectivity index (χ3v) is 3.56. The number of nitrogens with one attached hydrogen (secondary N) is 1. The number of nitrogens with two attached hydrogens (primary N) is 1. The average Bonchev–Trinajstić information content (AvgIpc) is 2.41. The molecule has 0 radical (unpaired) electrons. The van der Waals surface area contributed by atoms with Crippen molar-refractivity contribution >= 4 is 50.5 Å². The van der Waals surface area contributed by atoms with E-state index in [0.717, 1.165) is 0 Å². The van der Waals surface area contributed by atoms with E-state index in [2.05, 4.69) is 21.2 Å². The second kappa shape index (κ2) is 6.11. The van der Waals surface area contributed by atoms with Crippen LogP contribution in [0, 0.1) is 10.1 Å². The molecule has 0 aliphatic rings. The molecule has 108 valence electrons. The fraction of sp³-hybridized carbons (Fsp3) is 0. The number of nitrogens with zero attached hydrogens (tertiary/aromatic N) is 1. The number of anilines is 2. The fourth-order valence-corrected chi connectivity index (χ4v) is 2.43. The van der Waals surface area contributed by atoms with Crippen LogP contribution >= 0.6 is 27.5 Å². The molecule has 0 saturated carbocycles. The Labute approximate surface area is 133 Å². The summed E-state index contributed by atoms with van der Waals surface area (Å²) in [5.74, 6) is -0.431. The van der Waals surface area contributed by atoms with E-state index in [1.807, 2.05) is 0 Å². The number of carbonyl (C=O) groups is 1. The second-order valence-corrected chi connectivity index (χ2v) is 5.40. The van der Waals surface area contributed by atoms with Gasteiger partial charge in [-0.3, -0.25) is 14.9 Å². The summed E-state index contributed by atoms with van der Waals surface area (Å²) in [4.78, 5) is 22.2. The van der Waals surface area contributed by atoms with Crippen LogP contribution in [0.3, 0.4) is 0 Å². The Morgan fingerprint density at radius 3 is 2.57 bits per heavy atom. The van der Waals surface area contributed by atoms with Gasteiger partial charge in [0.1, 0.15) is 5.69 Å². The van der Waals surface area contributed by atoms with Crippen LogP contribution in [0.1, 0.15) is 10.4 Å². The summed E-state index contributed by atoms with van der Waals surface area (Å²) in [7, 11) is 0. The molecule has 8 heteroatoms. The van der Waals surface area contributed by atoms with E-state index in [1.165, 1.54) is 18.2 Å². The molecular formula is C13H9BrClN3O3. The van der Waals surface area contributed by atoms with Gasteiger partial charge in [-0.1, -0.05) is 11.6 Å². The maximum Gasteiger partial charge on any atom is 0.292 e. The first-order valence-electron chi connectivity index (χ1n) is 5.69. The summed E-state index contributed by atoms with van der Waals surface area (Å²) < 4.78 is 0.623. The SMILES string of the molecule is Nc1cc(C(=O)Nc2ccc(Cl)cc2Br)ccc1[N+](=O)[O-]. The molecule has 0 fully saturated rings. The number of hydrogen-bond donors (Lipinski definition) is 2. The fourth-order valence-electron chi connectivity index (χ4n) is 1.65. The van der Waals surface area contributed by atoms with Crippen LogP contribution in [0.15, 0.2) is 40.9 Å². The highest BCUT2D eigenvalue weighted by Gasteiger charge is 2.15. The van der Waals surface area contributed by atoms with Crippen molar-refractivity contribution in [3.8, 4) is 0 Å². The minimum absolute atomic E-state index is 0.0668. The van der Waals surface area contributed by atoms with Gasteiger partial charge in [-0.2, -0.15) is 0 Å². The molecule has 3 N–H and O–H groups in total. The molecule has 0 atom stereocenters. The van der Waals surface area contributed by atoms with Crippen LogP contribution < -0.4 is 11.1 Å². The van der Waals surface area contributed by atoms with E-state index in [0.29, 0.717) is 15.2 Å². The highest BCUT2D eigenvalue weighted by molar-refractivity contribution is 9.10. The van der Waals surface area contributed by atoms with E-state index in [9.17, 15) is 14.9 Å². The van der Waals surface area contributed by atoms with Crippen molar-refractivity contribution in [1.29, 1.82) is 0 Å². The lowest BCUT2D eigenvalue weighted by molar-refractivity contribution is -0.383. The minimum atomic E-state index is -0.604. The lowest BCUT2D eigenvalue weighted by Crippen LogP contribution is -2.13. The molecule has 0 saturated heterocycles. The van der Waals surface area contributed by atoms with E-state index in [1.54, 1.807) is 18.2 Å². The lowest BCUT2D eigenvalue weighted by atomic mass is 10.1. The van der Waals surface area contributed by atoms with Crippen LogP contribution in [-0.4, -0.2) is 10.8 Å². The van der Waals surface area contributed by atoms with Gasteiger partial charge in [-0.25, -0.2) is 0 Å². The predicted octanol–water partition coefficient (Wildman–Crippen LogP) is 3.85. The summed E-state index contributed by atoms with van der Waals surface area (Å²) in [5, 5.41) is 13.9. The Kier molecular flexibility index (Phi) is 4.44. The second-order valence-electron chi connectivity index (χ2n) is 4.11. The summed E-state index contributed by atoms with van der Waals surface area (Å²) in [6.07, 6.45) is 0. The van der Waals surface area contributed by atoms with Crippen molar-refractivity contribution in [1.82, 2.24) is 0 Å². The van der Waals surface area contributed by atoms with Crippen LogP contribution in [0.4, 0.5) is 17.1 Å². The minimum Gasteiger partial charge on any atom is -0.393 e. The number of halogens is 2.